The number of carbonyl (C=O) groups excluding carboxylic acids is 2. The average Bonchev–Trinajstić information content (AvgIpc) is 2.31. The first-order valence-electron chi connectivity index (χ1n) is 6.18. The lowest BCUT2D eigenvalue weighted by atomic mass is 10.1. The molecule has 0 bridgehead atoms. The number of amides is 2. The molecule has 0 saturated carbocycles. The van der Waals surface area contributed by atoms with Crippen LogP contribution >= 0.6 is 0 Å². The third kappa shape index (κ3) is 5.50. The Morgan fingerprint density at radius 2 is 1.84 bits per heavy atom. The molecular weight excluding hydrogens is 247 g/mol. The number of rotatable bonds is 5. The summed E-state index contributed by atoms with van der Waals surface area (Å²) < 4.78 is 12.7. The molecule has 1 aromatic rings. The molecule has 0 aliphatic rings. The van der Waals surface area contributed by atoms with Crippen LogP contribution in [0.4, 0.5) is 10.1 Å². The van der Waals surface area contributed by atoms with E-state index in [4.69, 9.17) is 0 Å². The number of hydrogen-bond donors (Lipinski definition) is 1. The molecule has 19 heavy (non-hydrogen) atoms. The normalized spacial score (nSPS) is 10.4. The predicted molar refractivity (Wildman–Crippen MR) is 72.1 cm³/mol. The van der Waals surface area contributed by atoms with Gasteiger partial charge in [0.1, 0.15) is 5.82 Å². The van der Waals surface area contributed by atoms with Crippen LogP contribution in [0, 0.1) is 11.7 Å². The fraction of sp³-hybridized carbons (Fsp3) is 0.429. The van der Waals surface area contributed by atoms with E-state index in [9.17, 15) is 14.0 Å². The summed E-state index contributed by atoms with van der Waals surface area (Å²) in [6, 6.07) is 5.48. The van der Waals surface area contributed by atoms with Gasteiger partial charge in [-0.2, -0.15) is 0 Å². The zero-order chi connectivity index (χ0) is 14.4. The van der Waals surface area contributed by atoms with E-state index in [1.54, 1.807) is 7.05 Å². The maximum Gasteiger partial charge on any atom is 0.243 e. The van der Waals surface area contributed by atoms with Crippen molar-refractivity contribution in [1.82, 2.24) is 4.90 Å². The van der Waals surface area contributed by atoms with Crippen molar-refractivity contribution in [3.8, 4) is 0 Å². The summed E-state index contributed by atoms with van der Waals surface area (Å²) in [5.74, 6) is -0.465. The van der Waals surface area contributed by atoms with Crippen LogP contribution in [-0.4, -0.2) is 30.3 Å². The van der Waals surface area contributed by atoms with Crippen molar-refractivity contribution in [3.05, 3.63) is 30.1 Å². The van der Waals surface area contributed by atoms with Crippen LogP contribution in [-0.2, 0) is 9.59 Å². The molecule has 0 spiro atoms. The monoisotopic (exact) mass is 266 g/mol. The van der Waals surface area contributed by atoms with Crippen LogP contribution in [0.1, 0.15) is 20.3 Å². The largest absolute Gasteiger partial charge is 0.336 e. The number of carbonyl (C=O) groups is 2. The standard InChI is InChI=1S/C14H19FN2O2/c1-10(2)8-14(19)17(3)9-13(18)16-12-6-4-11(15)5-7-12/h4-7,10H,8-9H2,1-3H3,(H,16,18). The quantitative estimate of drug-likeness (QED) is 0.888. The van der Waals surface area contributed by atoms with Crippen molar-refractivity contribution in [2.45, 2.75) is 20.3 Å². The minimum atomic E-state index is -0.359. The lowest BCUT2D eigenvalue weighted by molar-refractivity contribution is -0.133. The molecule has 1 rings (SSSR count). The minimum Gasteiger partial charge on any atom is -0.336 e. The van der Waals surface area contributed by atoms with Crippen molar-refractivity contribution >= 4 is 17.5 Å². The van der Waals surface area contributed by atoms with E-state index in [0.29, 0.717) is 12.1 Å². The Kier molecular flexibility index (Phi) is 5.48. The second kappa shape index (κ2) is 6.87. The van der Waals surface area contributed by atoms with E-state index in [2.05, 4.69) is 5.32 Å². The molecule has 5 heteroatoms. The summed E-state index contributed by atoms with van der Waals surface area (Å²) in [6.45, 7) is 3.89. The van der Waals surface area contributed by atoms with Gasteiger partial charge in [-0.25, -0.2) is 4.39 Å². The average molecular weight is 266 g/mol. The maximum absolute atomic E-state index is 12.7. The molecule has 0 unspecified atom stereocenters. The van der Waals surface area contributed by atoms with Gasteiger partial charge in [-0.3, -0.25) is 9.59 Å². The molecule has 0 aliphatic carbocycles. The van der Waals surface area contributed by atoms with Gasteiger partial charge in [0.25, 0.3) is 0 Å². The molecule has 0 saturated heterocycles. The van der Waals surface area contributed by atoms with E-state index in [1.807, 2.05) is 13.8 Å². The highest BCUT2D eigenvalue weighted by Gasteiger charge is 2.14. The highest BCUT2D eigenvalue weighted by atomic mass is 19.1. The van der Waals surface area contributed by atoms with Gasteiger partial charge in [0.15, 0.2) is 0 Å². The fourth-order valence-electron chi connectivity index (χ4n) is 1.54. The second-order valence-electron chi connectivity index (χ2n) is 4.90. The first-order valence-corrected chi connectivity index (χ1v) is 6.18. The number of anilines is 1. The van der Waals surface area contributed by atoms with Gasteiger partial charge in [0.2, 0.25) is 11.8 Å². The number of nitrogens with zero attached hydrogens (tertiary/aromatic N) is 1. The van der Waals surface area contributed by atoms with Gasteiger partial charge < -0.3 is 10.2 Å². The van der Waals surface area contributed by atoms with E-state index in [0.717, 1.165) is 0 Å². The molecule has 0 aliphatic heterocycles. The van der Waals surface area contributed by atoms with Crippen molar-refractivity contribution < 1.29 is 14.0 Å². The first-order chi connectivity index (χ1) is 8.88. The van der Waals surface area contributed by atoms with Crippen LogP contribution in [0.25, 0.3) is 0 Å². The molecule has 0 aromatic heterocycles. The highest BCUT2D eigenvalue weighted by Crippen LogP contribution is 2.08. The Morgan fingerprint density at radius 3 is 2.37 bits per heavy atom. The fourth-order valence-corrected chi connectivity index (χ4v) is 1.54. The lowest BCUT2D eigenvalue weighted by Gasteiger charge is -2.17. The summed E-state index contributed by atoms with van der Waals surface area (Å²) in [5.41, 5.74) is 0.510. The van der Waals surface area contributed by atoms with Crippen LogP contribution in [0.2, 0.25) is 0 Å². The molecule has 0 fully saturated rings. The Hall–Kier alpha value is -1.91. The van der Waals surface area contributed by atoms with E-state index in [1.165, 1.54) is 29.2 Å². The van der Waals surface area contributed by atoms with Gasteiger partial charge in [-0.05, 0) is 30.2 Å². The Balaban J connectivity index is 2.46. The van der Waals surface area contributed by atoms with Crippen molar-refractivity contribution in [3.63, 3.8) is 0 Å². The van der Waals surface area contributed by atoms with Crippen LogP contribution < -0.4 is 5.32 Å². The van der Waals surface area contributed by atoms with Gasteiger partial charge in [-0.15, -0.1) is 0 Å². The zero-order valence-electron chi connectivity index (χ0n) is 11.4. The highest BCUT2D eigenvalue weighted by molar-refractivity contribution is 5.94. The predicted octanol–water partition coefficient (Wildman–Crippen LogP) is 2.27. The SMILES string of the molecule is CC(C)CC(=O)N(C)CC(=O)Nc1ccc(F)cc1. The molecule has 4 nitrogen and oxygen atoms in total. The van der Waals surface area contributed by atoms with Crippen molar-refractivity contribution in [1.29, 1.82) is 0 Å². The summed E-state index contributed by atoms with van der Waals surface area (Å²) in [7, 11) is 1.59. The summed E-state index contributed by atoms with van der Waals surface area (Å²) in [4.78, 5) is 24.8. The number of halogens is 1. The molecule has 1 N–H and O–H groups in total. The van der Waals surface area contributed by atoms with Crippen LogP contribution in [0.15, 0.2) is 24.3 Å². The maximum atomic E-state index is 12.7. The molecule has 0 atom stereocenters. The van der Waals surface area contributed by atoms with Gasteiger partial charge in [0, 0.05) is 19.2 Å². The number of hydrogen-bond acceptors (Lipinski definition) is 2. The number of nitrogens with one attached hydrogen (secondary N) is 1. The molecule has 104 valence electrons. The molecule has 2 amide bonds. The van der Waals surface area contributed by atoms with E-state index in [-0.39, 0.29) is 30.1 Å². The number of benzene rings is 1. The van der Waals surface area contributed by atoms with Crippen molar-refractivity contribution in [2.75, 3.05) is 18.9 Å². The topological polar surface area (TPSA) is 49.4 Å². The first kappa shape index (κ1) is 15.1. The zero-order valence-corrected chi connectivity index (χ0v) is 11.4. The third-order valence-electron chi connectivity index (χ3n) is 2.52. The van der Waals surface area contributed by atoms with Crippen LogP contribution in [0.5, 0.6) is 0 Å². The molecular formula is C14H19FN2O2. The third-order valence-corrected chi connectivity index (χ3v) is 2.52. The van der Waals surface area contributed by atoms with E-state index >= 15 is 0 Å². The van der Waals surface area contributed by atoms with E-state index < -0.39 is 0 Å². The second-order valence-corrected chi connectivity index (χ2v) is 4.90. The Bertz CT molecular complexity index is 443. The van der Waals surface area contributed by atoms with Crippen LogP contribution in [0.3, 0.4) is 0 Å². The van der Waals surface area contributed by atoms with Gasteiger partial charge in [0.05, 0.1) is 6.54 Å². The smallest absolute Gasteiger partial charge is 0.243 e. The summed E-state index contributed by atoms with van der Waals surface area (Å²) in [5, 5.41) is 2.61. The summed E-state index contributed by atoms with van der Waals surface area (Å²) in [6.07, 6.45) is 0.417. The molecule has 1 aromatic carbocycles. The van der Waals surface area contributed by atoms with Gasteiger partial charge in [-0.1, -0.05) is 13.8 Å². The number of likely N-dealkylation sites (N-methyl/N-ethyl adjacent to an activating group) is 1. The Morgan fingerprint density at radius 1 is 1.26 bits per heavy atom. The Labute approximate surface area is 112 Å². The molecule has 0 radical (unpaired) electrons. The minimum absolute atomic E-state index is 0.0110. The lowest BCUT2D eigenvalue weighted by Crippen LogP contribution is -2.35. The summed E-state index contributed by atoms with van der Waals surface area (Å²) >= 11 is 0. The van der Waals surface area contributed by atoms with Gasteiger partial charge >= 0.3 is 0 Å². The molecule has 0 heterocycles. The van der Waals surface area contributed by atoms with Crippen molar-refractivity contribution in [2.24, 2.45) is 5.92 Å².